The van der Waals surface area contributed by atoms with Crippen LogP contribution < -0.4 is 10.0 Å². The van der Waals surface area contributed by atoms with Crippen molar-refractivity contribution in [3.63, 3.8) is 0 Å². The number of sulfonamides is 1. The van der Waals surface area contributed by atoms with Gasteiger partial charge < -0.3 is 5.32 Å². The molecule has 2 N–H and O–H groups in total. The van der Waals surface area contributed by atoms with E-state index in [2.05, 4.69) is 14.9 Å². The van der Waals surface area contributed by atoms with E-state index in [0.29, 0.717) is 0 Å². The minimum atomic E-state index is -3.08. The average Bonchev–Trinajstić information content (AvgIpc) is 3.07. The van der Waals surface area contributed by atoms with Crippen LogP contribution in [0.2, 0.25) is 0 Å². The zero-order valence-corrected chi connectivity index (χ0v) is 12.0. The van der Waals surface area contributed by atoms with Crippen LogP contribution in [0.3, 0.4) is 0 Å². The number of likely N-dealkylation sites (tertiary alicyclic amines) is 1. The highest BCUT2D eigenvalue weighted by Crippen LogP contribution is 2.29. The maximum absolute atomic E-state index is 11.9. The van der Waals surface area contributed by atoms with Gasteiger partial charge in [-0.25, -0.2) is 13.1 Å². The second-order valence-electron chi connectivity index (χ2n) is 5.46. The van der Waals surface area contributed by atoms with E-state index >= 15 is 0 Å². The average molecular weight is 275 g/mol. The highest BCUT2D eigenvalue weighted by molar-refractivity contribution is 7.89. The molecule has 1 saturated carbocycles. The molecule has 0 radical (unpaired) electrons. The van der Waals surface area contributed by atoms with Gasteiger partial charge in [0, 0.05) is 25.2 Å². The molecule has 5 nitrogen and oxygen atoms in total. The summed E-state index contributed by atoms with van der Waals surface area (Å²) in [6.45, 7) is 2.84. The third-order valence-electron chi connectivity index (χ3n) is 3.72. The summed E-state index contributed by atoms with van der Waals surface area (Å²) in [5.74, 6) is 0.259. The van der Waals surface area contributed by atoms with Crippen molar-refractivity contribution in [1.29, 1.82) is 0 Å². The maximum atomic E-state index is 11.9. The monoisotopic (exact) mass is 275 g/mol. The van der Waals surface area contributed by atoms with Crippen molar-refractivity contribution in [3.8, 4) is 0 Å². The first-order valence-corrected chi connectivity index (χ1v) is 8.64. The van der Waals surface area contributed by atoms with Crippen LogP contribution in [0.25, 0.3) is 0 Å². The molecular formula is C12H25N3O2S. The van der Waals surface area contributed by atoms with Crippen molar-refractivity contribution >= 4 is 10.0 Å². The van der Waals surface area contributed by atoms with Crippen LogP contribution >= 0.6 is 0 Å². The molecule has 0 aromatic rings. The van der Waals surface area contributed by atoms with E-state index in [1.165, 1.54) is 12.8 Å². The molecule has 1 unspecified atom stereocenters. The fraction of sp³-hybridized carbons (Fsp3) is 1.00. The predicted molar refractivity (Wildman–Crippen MR) is 73.1 cm³/mol. The fourth-order valence-electron chi connectivity index (χ4n) is 2.56. The third-order valence-corrected chi connectivity index (χ3v) is 5.24. The van der Waals surface area contributed by atoms with Crippen molar-refractivity contribution in [1.82, 2.24) is 14.9 Å². The highest BCUT2D eigenvalue weighted by Gasteiger charge is 2.35. The van der Waals surface area contributed by atoms with Gasteiger partial charge >= 0.3 is 0 Å². The van der Waals surface area contributed by atoms with Crippen LogP contribution in [0.4, 0.5) is 0 Å². The SMILES string of the molecule is CNCCCCS(=O)(=O)NC1CCN(C2CC2)C1. The summed E-state index contributed by atoms with van der Waals surface area (Å²) < 4.78 is 26.6. The van der Waals surface area contributed by atoms with Gasteiger partial charge in [-0.1, -0.05) is 0 Å². The molecule has 2 aliphatic rings. The number of hydrogen-bond donors (Lipinski definition) is 2. The Balaban J connectivity index is 1.67. The van der Waals surface area contributed by atoms with Gasteiger partial charge in [-0.05, 0) is 45.7 Å². The van der Waals surface area contributed by atoms with Crippen LogP contribution in [0.15, 0.2) is 0 Å². The Kier molecular flexibility index (Phi) is 5.00. The third kappa shape index (κ3) is 4.50. The largest absolute Gasteiger partial charge is 0.320 e. The summed E-state index contributed by atoms with van der Waals surface area (Å²) in [6.07, 6.45) is 5.20. The zero-order valence-electron chi connectivity index (χ0n) is 11.2. The predicted octanol–water partition coefficient (Wildman–Crippen LogP) is 0.142. The van der Waals surface area contributed by atoms with E-state index in [0.717, 1.165) is 44.9 Å². The molecule has 6 heteroatoms. The molecule has 1 aliphatic carbocycles. The first-order chi connectivity index (χ1) is 8.61. The summed E-state index contributed by atoms with van der Waals surface area (Å²) in [7, 11) is -1.19. The molecule has 2 rings (SSSR count). The van der Waals surface area contributed by atoms with Gasteiger partial charge in [0.15, 0.2) is 0 Å². The Morgan fingerprint density at radius 1 is 1.22 bits per heavy atom. The van der Waals surface area contributed by atoms with Gasteiger partial charge in [0.05, 0.1) is 5.75 Å². The van der Waals surface area contributed by atoms with Crippen LogP contribution in [-0.2, 0) is 10.0 Å². The van der Waals surface area contributed by atoms with Crippen LogP contribution in [0.5, 0.6) is 0 Å². The van der Waals surface area contributed by atoms with E-state index in [9.17, 15) is 8.42 Å². The molecule has 2 fully saturated rings. The lowest BCUT2D eigenvalue weighted by Gasteiger charge is -2.15. The number of nitrogens with one attached hydrogen (secondary N) is 2. The van der Waals surface area contributed by atoms with Crippen LogP contribution in [-0.4, -0.2) is 57.8 Å². The Morgan fingerprint density at radius 2 is 2.00 bits per heavy atom. The quantitative estimate of drug-likeness (QED) is 0.619. The Hall–Kier alpha value is -0.170. The first kappa shape index (κ1) is 14.2. The Morgan fingerprint density at radius 3 is 2.67 bits per heavy atom. The van der Waals surface area contributed by atoms with Crippen LogP contribution in [0, 0.1) is 0 Å². The van der Waals surface area contributed by atoms with Crippen molar-refractivity contribution < 1.29 is 8.42 Å². The molecule has 0 spiro atoms. The minimum absolute atomic E-state index is 0.139. The van der Waals surface area contributed by atoms with Crippen LogP contribution in [0.1, 0.15) is 32.1 Å². The second kappa shape index (κ2) is 6.32. The molecule has 106 valence electrons. The molecule has 1 aliphatic heterocycles. The Bertz CT molecular complexity index is 354. The summed E-state index contributed by atoms with van der Waals surface area (Å²) in [4.78, 5) is 2.42. The first-order valence-electron chi connectivity index (χ1n) is 6.99. The standard InChI is InChI=1S/C12H25N3O2S/c1-13-7-2-3-9-18(16,17)14-11-6-8-15(10-11)12-4-5-12/h11-14H,2-10H2,1H3. The van der Waals surface area contributed by atoms with E-state index in [1.807, 2.05) is 7.05 Å². The second-order valence-corrected chi connectivity index (χ2v) is 7.33. The lowest BCUT2D eigenvalue weighted by molar-refractivity contribution is 0.322. The molecular weight excluding hydrogens is 250 g/mol. The molecule has 0 bridgehead atoms. The van der Waals surface area contributed by atoms with Gasteiger partial charge in [0.1, 0.15) is 0 Å². The number of nitrogens with zero attached hydrogens (tertiary/aromatic N) is 1. The van der Waals surface area contributed by atoms with Crippen molar-refractivity contribution in [2.24, 2.45) is 0 Å². The molecule has 0 amide bonds. The highest BCUT2D eigenvalue weighted by atomic mass is 32.2. The lowest BCUT2D eigenvalue weighted by atomic mass is 10.3. The molecule has 0 aromatic carbocycles. The van der Waals surface area contributed by atoms with Gasteiger partial charge in [0.25, 0.3) is 0 Å². The fourth-order valence-corrected chi connectivity index (χ4v) is 3.96. The lowest BCUT2D eigenvalue weighted by Crippen LogP contribution is -2.38. The van der Waals surface area contributed by atoms with Gasteiger partial charge in [-0.15, -0.1) is 0 Å². The minimum Gasteiger partial charge on any atom is -0.320 e. The summed E-state index contributed by atoms with van der Waals surface area (Å²) in [5.41, 5.74) is 0. The van der Waals surface area contributed by atoms with Crippen molar-refractivity contribution in [2.75, 3.05) is 32.4 Å². The summed E-state index contributed by atoms with van der Waals surface area (Å²) >= 11 is 0. The zero-order chi connectivity index (χ0) is 13.0. The Labute approximate surface area is 110 Å². The molecule has 18 heavy (non-hydrogen) atoms. The number of unbranched alkanes of at least 4 members (excludes halogenated alkanes) is 1. The van der Waals surface area contributed by atoms with Gasteiger partial charge in [0.2, 0.25) is 10.0 Å². The summed E-state index contributed by atoms with van der Waals surface area (Å²) in [5, 5.41) is 3.03. The topological polar surface area (TPSA) is 61.4 Å². The molecule has 1 saturated heterocycles. The smallest absolute Gasteiger partial charge is 0.211 e. The van der Waals surface area contributed by atoms with E-state index in [4.69, 9.17) is 0 Å². The molecule has 1 atom stereocenters. The van der Waals surface area contributed by atoms with Gasteiger partial charge in [-0.2, -0.15) is 0 Å². The van der Waals surface area contributed by atoms with E-state index < -0.39 is 10.0 Å². The summed E-state index contributed by atoms with van der Waals surface area (Å²) in [6, 6.07) is 0.884. The molecule has 0 aromatic heterocycles. The normalized spacial score (nSPS) is 25.7. The van der Waals surface area contributed by atoms with E-state index in [1.54, 1.807) is 0 Å². The maximum Gasteiger partial charge on any atom is 0.211 e. The number of rotatable bonds is 8. The molecule has 1 heterocycles. The van der Waals surface area contributed by atoms with E-state index in [-0.39, 0.29) is 11.8 Å². The van der Waals surface area contributed by atoms with Crippen molar-refractivity contribution in [2.45, 2.75) is 44.2 Å². The number of hydrogen-bond acceptors (Lipinski definition) is 4. The van der Waals surface area contributed by atoms with Gasteiger partial charge in [-0.3, -0.25) is 4.90 Å². The van der Waals surface area contributed by atoms with Crippen molar-refractivity contribution in [3.05, 3.63) is 0 Å².